The van der Waals surface area contributed by atoms with E-state index in [0.717, 1.165) is 15.4 Å². The average molecular weight is 572 g/mol. The number of hydrogen-bond acceptors (Lipinski definition) is 7. The fourth-order valence-corrected chi connectivity index (χ4v) is 3.59. The molecule has 0 unspecified atom stereocenters. The van der Waals surface area contributed by atoms with Gasteiger partial charge in [-0.3, -0.25) is 9.48 Å². The van der Waals surface area contributed by atoms with Crippen LogP contribution in [-0.4, -0.2) is 65.5 Å². The summed E-state index contributed by atoms with van der Waals surface area (Å²) < 4.78 is 101. The van der Waals surface area contributed by atoms with Crippen LogP contribution in [0.2, 0.25) is 0 Å². The Labute approximate surface area is 213 Å². The number of fused-ring (bicyclic) bond motifs is 1. The second-order valence-electron chi connectivity index (χ2n) is 8.47. The first kappa shape index (κ1) is 29.5. The number of halogens is 8. The van der Waals surface area contributed by atoms with E-state index in [1.165, 1.54) is 25.4 Å². The van der Waals surface area contributed by atoms with Crippen LogP contribution in [0.1, 0.15) is 35.4 Å². The molecule has 1 saturated carbocycles. The van der Waals surface area contributed by atoms with Gasteiger partial charge in [-0.1, -0.05) is 0 Å². The predicted molar refractivity (Wildman–Crippen MR) is 117 cm³/mol. The summed E-state index contributed by atoms with van der Waals surface area (Å²) in [4.78, 5) is 25.6. The van der Waals surface area contributed by atoms with Gasteiger partial charge in [0.15, 0.2) is 5.69 Å². The third kappa shape index (κ3) is 7.30. The maximum atomic E-state index is 13.7. The normalized spacial score (nSPS) is 19.2. The first-order valence-electron chi connectivity index (χ1n) is 10.8. The fraction of sp³-hybridized carbons (Fsp3) is 0.450. The molecule has 3 aromatic rings. The van der Waals surface area contributed by atoms with Crippen molar-refractivity contribution in [1.82, 2.24) is 24.4 Å². The number of aromatic nitrogens is 5. The highest BCUT2D eigenvalue weighted by Crippen LogP contribution is 2.34. The summed E-state index contributed by atoms with van der Waals surface area (Å²) in [6.45, 7) is 0. The van der Waals surface area contributed by atoms with E-state index in [0.29, 0.717) is 5.52 Å². The number of alkyl halides is 8. The summed E-state index contributed by atoms with van der Waals surface area (Å²) in [7, 11) is 1.29. The standard InChI is InChI=1S/C18H19F5N8O.C2HF3O2/c1-30-8-12(14(28-30)18(21,22)23)26-15(32)13-3-2-9-7-25-16(29-31(9)13)27-11-6-17(19,20)5-4-10(11)24;3-2(4,5)1(6)7/h2-3,7-8,10-11H,4-6,24H2,1H3,(H,26,32)(H,27,29);(H,6,7)/t10-,11+;/m0./s1. The van der Waals surface area contributed by atoms with Gasteiger partial charge in [-0.2, -0.15) is 31.4 Å². The van der Waals surface area contributed by atoms with Crippen LogP contribution in [0.15, 0.2) is 24.5 Å². The molecule has 11 nitrogen and oxygen atoms in total. The van der Waals surface area contributed by atoms with Gasteiger partial charge in [-0.15, -0.1) is 5.10 Å². The molecule has 19 heteroatoms. The Hall–Kier alpha value is -4.03. The summed E-state index contributed by atoms with van der Waals surface area (Å²) >= 11 is 0. The molecule has 3 aromatic heterocycles. The molecule has 0 bridgehead atoms. The maximum Gasteiger partial charge on any atom is 0.490 e. The molecule has 0 radical (unpaired) electrons. The van der Waals surface area contributed by atoms with E-state index in [2.05, 4.69) is 25.8 Å². The molecule has 1 aliphatic rings. The number of nitrogens with two attached hydrogens (primary N) is 1. The van der Waals surface area contributed by atoms with Crippen molar-refractivity contribution in [2.45, 2.75) is 49.6 Å². The van der Waals surface area contributed by atoms with Crippen LogP contribution in [-0.2, 0) is 18.0 Å². The predicted octanol–water partition coefficient (Wildman–Crippen LogP) is 3.29. The highest BCUT2D eigenvalue weighted by atomic mass is 19.4. The lowest BCUT2D eigenvalue weighted by Crippen LogP contribution is -2.48. The summed E-state index contributed by atoms with van der Waals surface area (Å²) in [6.07, 6.45) is -8.13. The molecule has 5 N–H and O–H groups in total. The number of aryl methyl sites for hydroxylation is 1. The number of carbonyl (C=O) groups is 2. The SMILES string of the molecule is Cn1cc(NC(=O)c2ccc3cnc(N[C@@H]4CC(F)(F)CC[C@@H]4N)nn23)c(C(F)(F)F)n1.O=C(O)C(F)(F)F. The number of carboxylic acids is 1. The lowest BCUT2D eigenvalue weighted by atomic mass is 9.88. The van der Waals surface area contributed by atoms with Crippen molar-refractivity contribution in [2.24, 2.45) is 12.8 Å². The molecule has 0 spiro atoms. The molecule has 0 saturated heterocycles. The van der Waals surface area contributed by atoms with Crippen molar-refractivity contribution < 1.29 is 49.8 Å². The first-order chi connectivity index (χ1) is 17.9. The summed E-state index contributed by atoms with van der Waals surface area (Å²) in [5.74, 6) is -6.53. The molecule has 0 aliphatic heterocycles. The molecule has 214 valence electrons. The lowest BCUT2D eigenvalue weighted by Gasteiger charge is -2.34. The van der Waals surface area contributed by atoms with E-state index in [1.54, 1.807) is 0 Å². The summed E-state index contributed by atoms with van der Waals surface area (Å²) in [5, 5.41) is 19.6. The first-order valence-corrected chi connectivity index (χ1v) is 10.8. The topological polar surface area (TPSA) is 152 Å². The number of hydrogen-bond donors (Lipinski definition) is 4. The number of rotatable bonds is 4. The zero-order valence-electron chi connectivity index (χ0n) is 19.7. The molecule has 4 rings (SSSR count). The Morgan fingerprint density at radius 1 is 1.15 bits per heavy atom. The van der Waals surface area contributed by atoms with Gasteiger partial charge in [0, 0.05) is 38.2 Å². The van der Waals surface area contributed by atoms with Crippen LogP contribution in [0.25, 0.3) is 5.52 Å². The highest BCUT2D eigenvalue weighted by molar-refractivity contribution is 6.04. The Morgan fingerprint density at radius 3 is 2.38 bits per heavy atom. The van der Waals surface area contributed by atoms with Crippen LogP contribution >= 0.6 is 0 Å². The smallest absolute Gasteiger partial charge is 0.475 e. The molecule has 0 aromatic carbocycles. The van der Waals surface area contributed by atoms with Crippen LogP contribution in [0.3, 0.4) is 0 Å². The number of carboxylic acid groups (broad SMARTS) is 1. The second-order valence-corrected chi connectivity index (χ2v) is 8.47. The largest absolute Gasteiger partial charge is 0.490 e. The third-order valence-corrected chi connectivity index (χ3v) is 5.41. The van der Waals surface area contributed by atoms with Gasteiger partial charge in [0.1, 0.15) is 5.69 Å². The minimum absolute atomic E-state index is 0.0433. The molecular formula is C20H20F8N8O3. The summed E-state index contributed by atoms with van der Waals surface area (Å²) in [5.41, 5.74) is 4.48. The van der Waals surface area contributed by atoms with Crippen LogP contribution in [0.4, 0.5) is 46.8 Å². The number of anilines is 2. The Bertz CT molecular complexity index is 1350. The van der Waals surface area contributed by atoms with Crippen molar-refractivity contribution in [1.29, 1.82) is 0 Å². The molecular weight excluding hydrogens is 552 g/mol. The van der Waals surface area contributed by atoms with E-state index >= 15 is 0 Å². The maximum absolute atomic E-state index is 13.7. The van der Waals surface area contributed by atoms with E-state index in [1.807, 2.05) is 0 Å². The van der Waals surface area contributed by atoms with Crippen molar-refractivity contribution in [3.05, 3.63) is 35.9 Å². The number of aliphatic carboxylic acids is 1. The van der Waals surface area contributed by atoms with Crippen LogP contribution in [0.5, 0.6) is 0 Å². The van der Waals surface area contributed by atoms with Crippen molar-refractivity contribution in [3.8, 4) is 0 Å². The van der Waals surface area contributed by atoms with Gasteiger partial charge in [-0.25, -0.2) is 23.1 Å². The third-order valence-electron chi connectivity index (χ3n) is 5.41. The minimum atomic E-state index is -5.08. The van der Waals surface area contributed by atoms with Gasteiger partial charge < -0.3 is 21.5 Å². The monoisotopic (exact) mass is 572 g/mol. The van der Waals surface area contributed by atoms with Gasteiger partial charge in [0.25, 0.3) is 5.91 Å². The Balaban J connectivity index is 0.000000532. The van der Waals surface area contributed by atoms with Crippen molar-refractivity contribution in [3.63, 3.8) is 0 Å². The number of nitrogens with zero attached hydrogens (tertiary/aromatic N) is 5. The molecule has 2 atom stereocenters. The van der Waals surface area contributed by atoms with Crippen molar-refractivity contribution in [2.75, 3.05) is 10.6 Å². The second kappa shape index (κ2) is 10.6. The lowest BCUT2D eigenvalue weighted by molar-refractivity contribution is -0.192. The quantitative estimate of drug-likeness (QED) is 0.348. The number of nitrogens with one attached hydrogen (secondary N) is 2. The van der Waals surface area contributed by atoms with E-state index in [4.69, 9.17) is 15.6 Å². The highest BCUT2D eigenvalue weighted by Gasteiger charge is 2.41. The number of carbonyl (C=O) groups excluding carboxylic acids is 1. The van der Waals surface area contributed by atoms with Crippen LogP contribution < -0.4 is 16.4 Å². The van der Waals surface area contributed by atoms with Crippen LogP contribution in [0, 0.1) is 0 Å². The van der Waals surface area contributed by atoms with E-state index in [9.17, 15) is 39.9 Å². The van der Waals surface area contributed by atoms with Gasteiger partial charge >= 0.3 is 18.3 Å². The zero-order chi connectivity index (χ0) is 29.3. The number of amides is 1. The molecule has 1 aliphatic carbocycles. The van der Waals surface area contributed by atoms with Crippen molar-refractivity contribution >= 4 is 29.0 Å². The van der Waals surface area contributed by atoms with E-state index < -0.39 is 60.0 Å². The average Bonchev–Trinajstić information content (AvgIpc) is 3.38. The van der Waals surface area contributed by atoms with E-state index in [-0.39, 0.29) is 24.5 Å². The Kier molecular flexibility index (Phi) is 8.04. The molecule has 1 fully saturated rings. The van der Waals surface area contributed by atoms with Gasteiger partial charge in [0.05, 0.1) is 17.4 Å². The van der Waals surface area contributed by atoms with Gasteiger partial charge in [-0.05, 0) is 18.6 Å². The molecule has 1 amide bonds. The molecule has 3 heterocycles. The zero-order valence-corrected chi connectivity index (χ0v) is 19.7. The fourth-order valence-electron chi connectivity index (χ4n) is 3.59. The molecule has 39 heavy (non-hydrogen) atoms. The van der Waals surface area contributed by atoms with Gasteiger partial charge in [0.2, 0.25) is 11.9 Å². The Morgan fingerprint density at radius 2 is 1.79 bits per heavy atom. The minimum Gasteiger partial charge on any atom is -0.475 e. The summed E-state index contributed by atoms with van der Waals surface area (Å²) in [6, 6.07) is 1.53.